The van der Waals surface area contributed by atoms with Crippen molar-refractivity contribution in [3.63, 3.8) is 0 Å². The molecule has 2 heterocycles. The topological polar surface area (TPSA) is 72.9 Å². The van der Waals surface area contributed by atoms with Gasteiger partial charge < -0.3 is 20.2 Å². The third kappa shape index (κ3) is 2.58. The van der Waals surface area contributed by atoms with Crippen molar-refractivity contribution in [2.24, 2.45) is 5.92 Å². The van der Waals surface area contributed by atoms with Gasteiger partial charge in [-0.1, -0.05) is 0 Å². The standard InChI is InChI=1S/C12H21N3O3/c1-9-10(11(16)17)3-7-15(9)12(18)14-6-2-4-13-5-8-14/h9-10,13H,2-8H2,1H3,(H,16,17). The first-order valence-electron chi connectivity index (χ1n) is 6.60. The lowest BCUT2D eigenvalue weighted by molar-refractivity contribution is -0.142. The molecule has 2 aliphatic rings. The van der Waals surface area contributed by atoms with Gasteiger partial charge in [0.15, 0.2) is 0 Å². The average Bonchev–Trinajstić information content (AvgIpc) is 2.56. The minimum atomic E-state index is -0.796. The Morgan fingerprint density at radius 2 is 2.00 bits per heavy atom. The van der Waals surface area contributed by atoms with E-state index in [-0.39, 0.29) is 12.1 Å². The first-order valence-corrected chi connectivity index (χ1v) is 6.60. The number of nitrogens with one attached hydrogen (secondary N) is 1. The van der Waals surface area contributed by atoms with Gasteiger partial charge in [-0.15, -0.1) is 0 Å². The normalized spacial score (nSPS) is 29.2. The van der Waals surface area contributed by atoms with Gasteiger partial charge in [-0.05, 0) is 26.3 Å². The molecule has 6 heteroatoms. The van der Waals surface area contributed by atoms with Crippen LogP contribution in [0.3, 0.4) is 0 Å². The van der Waals surface area contributed by atoms with Crippen LogP contribution in [-0.4, -0.2) is 65.7 Å². The molecule has 0 radical (unpaired) electrons. The van der Waals surface area contributed by atoms with E-state index in [1.165, 1.54) is 0 Å². The average molecular weight is 255 g/mol. The third-order valence-electron chi connectivity index (χ3n) is 3.93. The summed E-state index contributed by atoms with van der Waals surface area (Å²) in [6.07, 6.45) is 1.52. The summed E-state index contributed by atoms with van der Waals surface area (Å²) in [4.78, 5) is 27.0. The van der Waals surface area contributed by atoms with Crippen LogP contribution in [0, 0.1) is 5.92 Å². The van der Waals surface area contributed by atoms with Crippen LogP contribution in [0.4, 0.5) is 4.79 Å². The number of carbonyl (C=O) groups excluding carboxylic acids is 1. The molecule has 2 aliphatic heterocycles. The Bertz CT molecular complexity index is 327. The van der Waals surface area contributed by atoms with E-state index < -0.39 is 11.9 Å². The summed E-state index contributed by atoms with van der Waals surface area (Å²) in [5.41, 5.74) is 0. The molecule has 0 aromatic carbocycles. The molecule has 2 amide bonds. The number of hydrogen-bond donors (Lipinski definition) is 2. The largest absolute Gasteiger partial charge is 0.481 e. The molecule has 0 aromatic heterocycles. The van der Waals surface area contributed by atoms with Crippen molar-refractivity contribution in [1.82, 2.24) is 15.1 Å². The van der Waals surface area contributed by atoms with Crippen LogP contribution < -0.4 is 5.32 Å². The maximum absolute atomic E-state index is 12.4. The minimum Gasteiger partial charge on any atom is -0.481 e. The summed E-state index contributed by atoms with van der Waals surface area (Å²) in [5, 5.41) is 12.3. The van der Waals surface area contributed by atoms with Gasteiger partial charge in [-0.2, -0.15) is 0 Å². The number of carbonyl (C=O) groups is 2. The lowest BCUT2D eigenvalue weighted by atomic mass is 10.0. The van der Waals surface area contributed by atoms with E-state index in [2.05, 4.69) is 5.32 Å². The van der Waals surface area contributed by atoms with Crippen molar-refractivity contribution in [3.8, 4) is 0 Å². The van der Waals surface area contributed by atoms with Gasteiger partial charge in [-0.3, -0.25) is 4.79 Å². The van der Waals surface area contributed by atoms with Crippen LogP contribution in [0.15, 0.2) is 0 Å². The predicted octanol–water partition coefficient (Wildman–Crippen LogP) is 0.197. The van der Waals surface area contributed by atoms with Gasteiger partial charge in [0.2, 0.25) is 0 Å². The summed E-state index contributed by atoms with van der Waals surface area (Å²) in [6.45, 7) is 5.61. The fourth-order valence-electron chi connectivity index (χ4n) is 2.76. The Morgan fingerprint density at radius 3 is 2.67 bits per heavy atom. The maximum Gasteiger partial charge on any atom is 0.320 e. The second-order valence-corrected chi connectivity index (χ2v) is 5.04. The van der Waals surface area contributed by atoms with Gasteiger partial charge in [0.25, 0.3) is 0 Å². The van der Waals surface area contributed by atoms with E-state index in [1.54, 1.807) is 4.90 Å². The van der Waals surface area contributed by atoms with E-state index in [0.29, 0.717) is 19.5 Å². The van der Waals surface area contributed by atoms with Crippen molar-refractivity contribution >= 4 is 12.0 Å². The molecule has 2 unspecified atom stereocenters. The highest BCUT2D eigenvalue weighted by molar-refractivity contribution is 5.78. The Hall–Kier alpha value is -1.30. The smallest absolute Gasteiger partial charge is 0.320 e. The van der Waals surface area contributed by atoms with Crippen LogP contribution in [0.2, 0.25) is 0 Å². The van der Waals surface area contributed by atoms with E-state index in [9.17, 15) is 9.59 Å². The number of amides is 2. The zero-order valence-corrected chi connectivity index (χ0v) is 10.8. The molecule has 2 saturated heterocycles. The lowest BCUT2D eigenvalue weighted by Crippen LogP contribution is -2.47. The monoisotopic (exact) mass is 255 g/mol. The maximum atomic E-state index is 12.4. The van der Waals surface area contributed by atoms with Gasteiger partial charge in [0.1, 0.15) is 0 Å². The number of carboxylic acid groups (broad SMARTS) is 1. The molecular formula is C12H21N3O3. The SMILES string of the molecule is CC1C(C(=O)O)CCN1C(=O)N1CCCNCC1. The molecule has 102 valence electrons. The van der Waals surface area contributed by atoms with Crippen molar-refractivity contribution in [2.75, 3.05) is 32.7 Å². The summed E-state index contributed by atoms with van der Waals surface area (Å²) < 4.78 is 0. The van der Waals surface area contributed by atoms with Crippen LogP contribution in [0.5, 0.6) is 0 Å². The van der Waals surface area contributed by atoms with Crippen molar-refractivity contribution in [3.05, 3.63) is 0 Å². The molecule has 0 aromatic rings. The van der Waals surface area contributed by atoms with E-state index in [0.717, 1.165) is 26.1 Å². The first kappa shape index (κ1) is 13.1. The van der Waals surface area contributed by atoms with Crippen LogP contribution in [0.25, 0.3) is 0 Å². The zero-order valence-electron chi connectivity index (χ0n) is 10.8. The molecule has 0 spiro atoms. The highest BCUT2D eigenvalue weighted by Crippen LogP contribution is 2.25. The Balaban J connectivity index is 1.98. The third-order valence-corrected chi connectivity index (χ3v) is 3.93. The second-order valence-electron chi connectivity index (χ2n) is 5.04. The summed E-state index contributed by atoms with van der Waals surface area (Å²) in [7, 11) is 0. The van der Waals surface area contributed by atoms with Crippen LogP contribution >= 0.6 is 0 Å². The number of nitrogens with zero attached hydrogens (tertiary/aromatic N) is 2. The van der Waals surface area contributed by atoms with Crippen LogP contribution in [-0.2, 0) is 4.79 Å². The number of urea groups is 1. The van der Waals surface area contributed by atoms with Gasteiger partial charge >= 0.3 is 12.0 Å². The summed E-state index contributed by atoms with van der Waals surface area (Å²) in [5.74, 6) is -1.21. The molecule has 0 bridgehead atoms. The number of aliphatic carboxylic acids is 1. The fourth-order valence-corrected chi connectivity index (χ4v) is 2.76. The molecule has 6 nitrogen and oxygen atoms in total. The Morgan fingerprint density at radius 1 is 1.22 bits per heavy atom. The molecule has 2 fully saturated rings. The van der Waals surface area contributed by atoms with E-state index >= 15 is 0 Å². The highest BCUT2D eigenvalue weighted by atomic mass is 16.4. The number of rotatable bonds is 1. The molecule has 0 saturated carbocycles. The number of likely N-dealkylation sites (tertiary alicyclic amines) is 1. The second kappa shape index (κ2) is 5.56. The summed E-state index contributed by atoms with van der Waals surface area (Å²) >= 11 is 0. The molecule has 18 heavy (non-hydrogen) atoms. The Kier molecular flexibility index (Phi) is 4.06. The minimum absolute atomic E-state index is 0.00468. The molecule has 2 atom stereocenters. The highest BCUT2D eigenvalue weighted by Gasteiger charge is 2.39. The van der Waals surface area contributed by atoms with E-state index in [1.807, 2.05) is 11.8 Å². The fraction of sp³-hybridized carbons (Fsp3) is 0.833. The molecule has 2 rings (SSSR count). The number of carboxylic acids is 1. The van der Waals surface area contributed by atoms with Crippen molar-refractivity contribution in [2.45, 2.75) is 25.8 Å². The predicted molar refractivity (Wildman–Crippen MR) is 66.4 cm³/mol. The van der Waals surface area contributed by atoms with Crippen molar-refractivity contribution < 1.29 is 14.7 Å². The van der Waals surface area contributed by atoms with Gasteiger partial charge in [0.05, 0.1) is 5.92 Å². The molecule has 2 N–H and O–H groups in total. The number of hydrogen-bond acceptors (Lipinski definition) is 3. The lowest BCUT2D eigenvalue weighted by Gasteiger charge is -2.30. The van der Waals surface area contributed by atoms with Gasteiger partial charge in [0, 0.05) is 32.2 Å². The molecular weight excluding hydrogens is 234 g/mol. The van der Waals surface area contributed by atoms with Crippen molar-refractivity contribution in [1.29, 1.82) is 0 Å². The van der Waals surface area contributed by atoms with Crippen LogP contribution in [0.1, 0.15) is 19.8 Å². The first-order chi connectivity index (χ1) is 8.61. The van der Waals surface area contributed by atoms with Gasteiger partial charge in [-0.25, -0.2) is 4.79 Å². The van der Waals surface area contributed by atoms with E-state index in [4.69, 9.17) is 5.11 Å². The summed E-state index contributed by atoms with van der Waals surface area (Å²) in [6, 6.07) is -0.207. The quantitative estimate of drug-likeness (QED) is 0.702. The molecule has 0 aliphatic carbocycles. The Labute approximate surface area is 107 Å². The zero-order chi connectivity index (χ0) is 13.1.